The lowest BCUT2D eigenvalue weighted by Gasteiger charge is -2.14. The Morgan fingerprint density at radius 3 is 2.58 bits per heavy atom. The molecule has 3 rings (SSSR count). The molecule has 0 saturated carbocycles. The molecule has 2 N–H and O–H groups in total. The first kappa shape index (κ1) is 18.7. The smallest absolute Gasteiger partial charge is 0.397 e. The third kappa shape index (κ3) is 3.56. The van der Waals surface area contributed by atoms with Crippen molar-refractivity contribution < 1.29 is 30.7 Å². The molecule has 0 radical (unpaired) electrons. The van der Waals surface area contributed by atoms with Crippen LogP contribution in [0.4, 0.5) is 23.2 Å². The average molecular weight is 392 g/mol. The molecular formula is C16H16F4N2O3S. The highest BCUT2D eigenvalue weighted by Crippen LogP contribution is 2.33. The number of anilines is 1. The molecule has 26 heavy (non-hydrogen) atoms. The number of nitrogen functional groups attached to an aromatic ring is 1. The number of alkyl halides is 3. The Kier molecular flexibility index (Phi) is 4.74. The lowest BCUT2D eigenvalue weighted by Crippen LogP contribution is -2.16. The minimum absolute atomic E-state index is 0.0770. The standard InChI is InChI=1S/C16H16F4N2O3S/c17-13-5-11(16(18,19)20)1-2-14(13)26(23,24)15-6-12(21)8-22(15)7-10-3-4-25-9-10/h1-2,5-6,8,10H,3-4,7,9,21H2/t10-/m0/s1. The summed E-state index contributed by atoms with van der Waals surface area (Å²) in [6.07, 6.45) is -2.62. The summed E-state index contributed by atoms with van der Waals surface area (Å²) in [6.45, 7) is 1.33. The van der Waals surface area contributed by atoms with E-state index in [4.69, 9.17) is 10.5 Å². The Hall–Kier alpha value is -2.07. The number of nitrogens with zero attached hydrogens (tertiary/aromatic N) is 1. The third-order valence-corrected chi connectivity index (χ3v) is 5.99. The van der Waals surface area contributed by atoms with Crippen molar-refractivity contribution in [3.63, 3.8) is 0 Å². The lowest BCUT2D eigenvalue weighted by molar-refractivity contribution is -0.137. The number of hydrogen-bond acceptors (Lipinski definition) is 4. The van der Waals surface area contributed by atoms with Crippen molar-refractivity contribution in [2.24, 2.45) is 5.92 Å². The Labute approximate surface area is 147 Å². The van der Waals surface area contributed by atoms with E-state index < -0.39 is 32.3 Å². The second-order valence-electron chi connectivity index (χ2n) is 6.14. The molecule has 2 aromatic rings. The van der Waals surface area contributed by atoms with E-state index >= 15 is 0 Å². The van der Waals surface area contributed by atoms with Gasteiger partial charge in [-0.3, -0.25) is 0 Å². The highest BCUT2D eigenvalue weighted by Gasteiger charge is 2.34. The first-order chi connectivity index (χ1) is 12.1. The Morgan fingerprint density at radius 1 is 1.27 bits per heavy atom. The highest BCUT2D eigenvalue weighted by atomic mass is 32.2. The van der Waals surface area contributed by atoms with Gasteiger partial charge in [0.15, 0.2) is 0 Å². The molecule has 1 atom stereocenters. The summed E-state index contributed by atoms with van der Waals surface area (Å²) in [6, 6.07) is 2.51. The molecule has 1 aromatic carbocycles. The van der Waals surface area contributed by atoms with Crippen molar-refractivity contribution in [1.29, 1.82) is 0 Å². The van der Waals surface area contributed by atoms with Crippen LogP contribution in [-0.4, -0.2) is 26.2 Å². The van der Waals surface area contributed by atoms with E-state index in [1.807, 2.05) is 0 Å². The van der Waals surface area contributed by atoms with Gasteiger partial charge in [-0.05, 0) is 30.7 Å². The fourth-order valence-corrected chi connectivity index (χ4v) is 4.41. The highest BCUT2D eigenvalue weighted by molar-refractivity contribution is 7.91. The monoisotopic (exact) mass is 392 g/mol. The molecule has 0 aliphatic carbocycles. The van der Waals surface area contributed by atoms with E-state index in [-0.39, 0.29) is 22.7 Å². The number of ether oxygens (including phenoxy) is 1. The van der Waals surface area contributed by atoms with Gasteiger partial charge in [-0.25, -0.2) is 12.8 Å². The molecule has 1 aliphatic heterocycles. The maximum Gasteiger partial charge on any atom is 0.416 e. The summed E-state index contributed by atoms with van der Waals surface area (Å²) in [4.78, 5) is -0.826. The predicted octanol–water partition coefficient (Wildman–Crippen LogP) is 3.10. The summed E-state index contributed by atoms with van der Waals surface area (Å²) >= 11 is 0. The quantitative estimate of drug-likeness (QED) is 0.812. The molecule has 0 spiro atoms. The van der Waals surface area contributed by atoms with Gasteiger partial charge in [0.1, 0.15) is 15.7 Å². The van der Waals surface area contributed by atoms with Crippen molar-refractivity contribution in [3.8, 4) is 0 Å². The van der Waals surface area contributed by atoms with Crippen LogP contribution < -0.4 is 5.73 Å². The number of aromatic nitrogens is 1. The van der Waals surface area contributed by atoms with Crippen LogP contribution in [0.25, 0.3) is 0 Å². The molecule has 2 heterocycles. The first-order valence-electron chi connectivity index (χ1n) is 7.74. The number of rotatable bonds is 4. The van der Waals surface area contributed by atoms with Gasteiger partial charge in [-0.1, -0.05) is 0 Å². The zero-order valence-corrected chi connectivity index (χ0v) is 14.3. The summed E-state index contributed by atoms with van der Waals surface area (Å²) in [5.41, 5.74) is 4.59. The van der Waals surface area contributed by atoms with Crippen LogP contribution in [-0.2, 0) is 27.3 Å². The van der Waals surface area contributed by atoms with Crippen LogP contribution in [0.1, 0.15) is 12.0 Å². The van der Waals surface area contributed by atoms with E-state index in [2.05, 4.69) is 0 Å². The number of hydrogen-bond donors (Lipinski definition) is 1. The summed E-state index contributed by atoms with van der Waals surface area (Å²) < 4.78 is 84.4. The Balaban J connectivity index is 2.01. The normalized spacial score (nSPS) is 18.4. The topological polar surface area (TPSA) is 74.3 Å². The molecular weight excluding hydrogens is 376 g/mol. The van der Waals surface area contributed by atoms with Gasteiger partial charge in [0, 0.05) is 25.3 Å². The molecule has 1 aromatic heterocycles. The molecule has 10 heteroatoms. The molecule has 142 valence electrons. The van der Waals surface area contributed by atoms with Crippen LogP contribution in [0.5, 0.6) is 0 Å². The van der Waals surface area contributed by atoms with Crippen LogP contribution in [0.3, 0.4) is 0 Å². The number of sulfone groups is 1. The van der Waals surface area contributed by atoms with E-state index in [9.17, 15) is 26.0 Å². The molecule has 0 amide bonds. The fourth-order valence-electron chi connectivity index (χ4n) is 2.89. The van der Waals surface area contributed by atoms with Crippen LogP contribution >= 0.6 is 0 Å². The second kappa shape index (κ2) is 6.58. The largest absolute Gasteiger partial charge is 0.416 e. The van der Waals surface area contributed by atoms with Gasteiger partial charge in [0.05, 0.1) is 17.9 Å². The maximum atomic E-state index is 14.2. The number of halogens is 4. The zero-order valence-electron chi connectivity index (χ0n) is 13.5. The second-order valence-corrected chi connectivity index (χ2v) is 8.01. The summed E-state index contributed by atoms with van der Waals surface area (Å²) in [5, 5.41) is -0.263. The Morgan fingerprint density at radius 2 is 2.00 bits per heavy atom. The molecule has 1 fully saturated rings. The molecule has 0 bridgehead atoms. The molecule has 5 nitrogen and oxygen atoms in total. The van der Waals surface area contributed by atoms with Crippen LogP contribution in [0.15, 0.2) is 40.4 Å². The fraction of sp³-hybridized carbons (Fsp3) is 0.375. The number of benzene rings is 1. The molecule has 1 saturated heterocycles. The van der Waals surface area contributed by atoms with Crippen LogP contribution in [0.2, 0.25) is 0 Å². The zero-order chi connectivity index (χ0) is 19.1. The number of nitrogens with two attached hydrogens (primary N) is 1. The first-order valence-corrected chi connectivity index (χ1v) is 9.22. The van der Waals surface area contributed by atoms with Gasteiger partial charge in [-0.15, -0.1) is 0 Å². The Bertz CT molecular complexity index is 916. The van der Waals surface area contributed by atoms with Gasteiger partial charge in [0.2, 0.25) is 9.84 Å². The molecule has 1 aliphatic rings. The summed E-state index contributed by atoms with van der Waals surface area (Å²) in [5.74, 6) is -1.39. The minimum Gasteiger partial charge on any atom is -0.397 e. The van der Waals surface area contributed by atoms with Crippen molar-refractivity contribution >= 4 is 15.5 Å². The average Bonchev–Trinajstić information content (AvgIpc) is 3.16. The van der Waals surface area contributed by atoms with Gasteiger partial charge in [-0.2, -0.15) is 13.2 Å². The summed E-state index contributed by atoms with van der Waals surface area (Å²) in [7, 11) is -4.38. The van der Waals surface area contributed by atoms with E-state index in [0.29, 0.717) is 31.9 Å². The van der Waals surface area contributed by atoms with Gasteiger partial charge < -0.3 is 15.0 Å². The minimum atomic E-state index is -4.77. The van der Waals surface area contributed by atoms with Crippen molar-refractivity contribution in [2.45, 2.75) is 29.1 Å². The van der Waals surface area contributed by atoms with E-state index in [1.54, 1.807) is 0 Å². The van der Waals surface area contributed by atoms with Crippen LogP contribution in [0, 0.1) is 11.7 Å². The van der Waals surface area contributed by atoms with Crippen molar-refractivity contribution in [1.82, 2.24) is 4.57 Å². The SMILES string of the molecule is Nc1cc(S(=O)(=O)c2ccc(C(F)(F)F)cc2F)n(C[C@@H]2CCOC2)c1. The van der Waals surface area contributed by atoms with E-state index in [1.165, 1.54) is 16.8 Å². The predicted molar refractivity (Wildman–Crippen MR) is 84.6 cm³/mol. The third-order valence-electron chi connectivity index (χ3n) is 4.18. The van der Waals surface area contributed by atoms with Gasteiger partial charge in [0.25, 0.3) is 0 Å². The van der Waals surface area contributed by atoms with Gasteiger partial charge >= 0.3 is 6.18 Å². The maximum absolute atomic E-state index is 14.2. The molecule has 0 unspecified atom stereocenters. The lowest BCUT2D eigenvalue weighted by atomic mass is 10.1. The van der Waals surface area contributed by atoms with Crippen molar-refractivity contribution in [2.75, 3.05) is 18.9 Å². The van der Waals surface area contributed by atoms with Crippen molar-refractivity contribution in [3.05, 3.63) is 41.8 Å². The van der Waals surface area contributed by atoms with E-state index in [0.717, 1.165) is 6.42 Å².